The van der Waals surface area contributed by atoms with Crippen molar-refractivity contribution in [2.75, 3.05) is 0 Å². The van der Waals surface area contributed by atoms with Gasteiger partial charge in [-0.1, -0.05) is 49.6 Å². The Bertz CT molecular complexity index is 265. The van der Waals surface area contributed by atoms with E-state index >= 15 is 0 Å². The molecule has 1 saturated carbocycles. The molecule has 3 N–H and O–H groups in total. The van der Waals surface area contributed by atoms with E-state index in [1.165, 1.54) is 6.42 Å². The monoisotopic (exact) mass is 210 g/mol. The SMILES string of the molecule is OC1(c2ccccc2)CCCCC1.OO. The molecule has 1 aliphatic carbocycles. The van der Waals surface area contributed by atoms with Gasteiger partial charge in [0.1, 0.15) is 0 Å². The molecule has 1 aromatic rings. The summed E-state index contributed by atoms with van der Waals surface area (Å²) in [5, 5.41) is 22.3. The Morgan fingerprint density at radius 3 is 1.93 bits per heavy atom. The largest absolute Gasteiger partial charge is 0.385 e. The Morgan fingerprint density at radius 2 is 1.40 bits per heavy atom. The average Bonchev–Trinajstić information content (AvgIpc) is 2.34. The zero-order valence-electron chi connectivity index (χ0n) is 8.76. The summed E-state index contributed by atoms with van der Waals surface area (Å²) in [5.41, 5.74) is 0.564. The molecule has 0 atom stereocenters. The van der Waals surface area contributed by atoms with Crippen molar-refractivity contribution in [3.05, 3.63) is 35.9 Å². The lowest BCUT2D eigenvalue weighted by atomic mass is 9.80. The van der Waals surface area contributed by atoms with E-state index in [-0.39, 0.29) is 0 Å². The van der Waals surface area contributed by atoms with Gasteiger partial charge in [0.15, 0.2) is 0 Å². The highest BCUT2D eigenvalue weighted by Crippen LogP contribution is 2.36. The normalized spacial score (nSPS) is 18.9. The van der Waals surface area contributed by atoms with E-state index in [9.17, 15) is 5.11 Å². The predicted molar refractivity (Wildman–Crippen MR) is 58.7 cm³/mol. The maximum Gasteiger partial charge on any atom is 0.0896 e. The van der Waals surface area contributed by atoms with Crippen LogP contribution in [0, 0.1) is 0 Å². The van der Waals surface area contributed by atoms with Crippen LogP contribution >= 0.6 is 0 Å². The third-order valence-corrected chi connectivity index (χ3v) is 2.99. The summed E-state index contributed by atoms with van der Waals surface area (Å²) >= 11 is 0. The van der Waals surface area contributed by atoms with Gasteiger partial charge in [0.2, 0.25) is 0 Å². The van der Waals surface area contributed by atoms with Crippen molar-refractivity contribution in [2.45, 2.75) is 37.7 Å². The van der Waals surface area contributed by atoms with Gasteiger partial charge in [0.05, 0.1) is 5.60 Å². The molecule has 1 fully saturated rings. The lowest BCUT2D eigenvalue weighted by Gasteiger charge is -2.32. The van der Waals surface area contributed by atoms with E-state index in [4.69, 9.17) is 10.5 Å². The molecule has 0 aromatic heterocycles. The Hall–Kier alpha value is -0.900. The van der Waals surface area contributed by atoms with Crippen LogP contribution in [0.25, 0.3) is 0 Å². The molecule has 15 heavy (non-hydrogen) atoms. The van der Waals surface area contributed by atoms with Crippen molar-refractivity contribution < 1.29 is 15.6 Å². The molecule has 0 unspecified atom stereocenters. The highest BCUT2D eigenvalue weighted by Gasteiger charge is 2.30. The molecule has 2 rings (SSSR count). The minimum atomic E-state index is -0.528. The van der Waals surface area contributed by atoms with Crippen LogP contribution in [-0.2, 0) is 5.60 Å². The highest BCUT2D eigenvalue weighted by molar-refractivity contribution is 5.22. The summed E-state index contributed by atoms with van der Waals surface area (Å²) in [6.45, 7) is 0. The third kappa shape index (κ3) is 3.02. The van der Waals surface area contributed by atoms with E-state index in [0.717, 1.165) is 31.2 Å². The highest BCUT2D eigenvalue weighted by atomic mass is 17.0. The standard InChI is InChI=1S/C12H16O.H2O2/c13-12(9-5-2-6-10-12)11-7-3-1-4-8-11;1-2/h1,3-4,7-8,13H,2,5-6,9-10H2;1-2H. The second kappa shape index (κ2) is 5.85. The van der Waals surface area contributed by atoms with Gasteiger partial charge in [-0.15, -0.1) is 0 Å². The molecule has 84 valence electrons. The van der Waals surface area contributed by atoms with Gasteiger partial charge in [-0.2, -0.15) is 0 Å². The Morgan fingerprint density at radius 1 is 0.867 bits per heavy atom. The fourth-order valence-electron chi connectivity index (χ4n) is 2.17. The second-order valence-corrected chi connectivity index (χ2v) is 3.96. The van der Waals surface area contributed by atoms with Crippen molar-refractivity contribution in [3.8, 4) is 0 Å². The average molecular weight is 210 g/mol. The van der Waals surface area contributed by atoms with Gasteiger partial charge < -0.3 is 5.11 Å². The van der Waals surface area contributed by atoms with Gasteiger partial charge in [-0.05, 0) is 18.4 Å². The molecular weight excluding hydrogens is 192 g/mol. The zero-order valence-corrected chi connectivity index (χ0v) is 8.76. The Labute approximate surface area is 89.9 Å². The lowest BCUT2D eigenvalue weighted by molar-refractivity contribution is -0.176. The van der Waals surface area contributed by atoms with E-state index in [1.54, 1.807) is 0 Å². The van der Waals surface area contributed by atoms with Crippen molar-refractivity contribution >= 4 is 0 Å². The fourth-order valence-corrected chi connectivity index (χ4v) is 2.17. The fraction of sp³-hybridized carbons (Fsp3) is 0.500. The van der Waals surface area contributed by atoms with Crippen molar-refractivity contribution in [2.24, 2.45) is 0 Å². The molecule has 3 heteroatoms. The lowest BCUT2D eigenvalue weighted by Crippen LogP contribution is -2.28. The van der Waals surface area contributed by atoms with E-state index in [0.29, 0.717) is 0 Å². The second-order valence-electron chi connectivity index (χ2n) is 3.96. The molecule has 1 aliphatic rings. The maximum absolute atomic E-state index is 10.3. The number of benzene rings is 1. The number of hydrogen-bond donors (Lipinski definition) is 3. The van der Waals surface area contributed by atoms with Crippen molar-refractivity contribution in [3.63, 3.8) is 0 Å². The number of rotatable bonds is 1. The first-order valence-electron chi connectivity index (χ1n) is 5.29. The van der Waals surface area contributed by atoms with E-state index in [2.05, 4.69) is 0 Å². The molecule has 1 aromatic carbocycles. The molecule has 0 heterocycles. The predicted octanol–water partition coefficient (Wildman–Crippen LogP) is 2.86. The maximum atomic E-state index is 10.3. The van der Waals surface area contributed by atoms with Gasteiger partial charge in [-0.3, -0.25) is 10.5 Å². The van der Waals surface area contributed by atoms with Crippen LogP contribution < -0.4 is 0 Å². The van der Waals surface area contributed by atoms with Crippen LogP contribution in [0.3, 0.4) is 0 Å². The molecule has 0 radical (unpaired) electrons. The first-order valence-corrected chi connectivity index (χ1v) is 5.29. The summed E-state index contributed by atoms with van der Waals surface area (Å²) in [4.78, 5) is 0. The van der Waals surface area contributed by atoms with Crippen molar-refractivity contribution in [1.82, 2.24) is 0 Å². The number of aliphatic hydroxyl groups is 1. The van der Waals surface area contributed by atoms with Gasteiger partial charge >= 0.3 is 0 Å². The van der Waals surface area contributed by atoms with Crippen molar-refractivity contribution in [1.29, 1.82) is 0 Å². The smallest absolute Gasteiger partial charge is 0.0896 e. The minimum absolute atomic E-state index is 0.528. The molecule has 0 aliphatic heterocycles. The van der Waals surface area contributed by atoms with Crippen LogP contribution in [0.2, 0.25) is 0 Å². The molecule has 0 saturated heterocycles. The summed E-state index contributed by atoms with van der Waals surface area (Å²) < 4.78 is 0. The Balaban J connectivity index is 0.000000531. The van der Waals surface area contributed by atoms with Crippen LogP contribution in [0.1, 0.15) is 37.7 Å². The molecule has 3 nitrogen and oxygen atoms in total. The molecule has 0 bridgehead atoms. The summed E-state index contributed by atoms with van der Waals surface area (Å²) in [7, 11) is 0. The van der Waals surface area contributed by atoms with Crippen LogP contribution in [0.5, 0.6) is 0 Å². The van der Waals surface area contributed by atoms with Crippen LogP contribution in [-0.4, -0.2) is 15.6 Å². The zero-order chi connectivity index (χ0) is 11.1. The van der Waals surface area contributed by atoms with Gasteiger partial charge in [0, 0.05) is 0 Å². The summed E-state index contributed by atoms with van der Waals surface area (Å²) in [6, 6.07) is 10.1. The van der Waals surface area contributed by atoms with Crippen LogP contribution in [0.15, 0.2) is 30.3 Å². The Kier molecular flexibility index (Phi) is 4.75. The van der Waals surface area contributed by atoms with Gasteiger partial charge in [0.25, 0.3) is 0 Å². The third-order valence-electron chi connectivity index (χ3n) is 2.99. The number of hydrogen-bond acceptors (Lipinski definition) is 3. The van der Waals surface area contributed by atoms with E-state index in [1.807, 2.05) is 30.3 Å². The first kappa shape index (κ1) is 12.2. The summed E-state index contributed by atoms with van der Waals surface area (Å²) in [6.07, 6.45) is 5.44. The first-order chi connectivity index (χ1) is 7.31. The minimum Gasteiger partial charge on any atom is -0.385 e. The van der Waals surface area contributed by atoms with E-state index < -0.39 is 5.60 Å². The topological polar surface area (TPSA) is 60.7 Å². The van der Waals surface area contributed by atoms with Crippen LogP contribution in [0.4, 0.5) is 0 Å². The van der Waals surface area contributed by atoms with Gasteiger partial charge in [-0.25, -0.2) is 0 Å². The molecular formula is C12H18O3. The summed E-state index contributed by atoms with van der Waals surface area (Å²) in [5.74, 6) is 0. The molecule has 0 spiro atoms. The molecule has 0 amide bonds. The quantitative estimate of drug-likeness (QED) is 0.493.